The van der Waals surface area contributed by atoms with Gasteiger partial charge in [0.2, 0.25) is 0 Å². The molecule has 96 valence electrons. The second-order valence-electron chi connectivity index (χ2n) is 5.49. The molecule has 0 saturated heterocycles. The summed E-state index contributed by atoms with van der Waals surface area (Å²) in [4.78, 5) is 0. The average molecular weight is 269 g/mol. The summed E-state index contributed by atoms with van der Waals surface area (Å²) in [6.45, 7) is 6.55. The topological polar surface area (TPSA) is 0 Å². The van der Waals surface area contributed by atoms with Crippen LogP contribution in [0.4, 0.5) is 0 Å². The van der Waals surface area contributed by atoms with Crippen LogP contribution < -0.4 is 0 Å². The van der Waals surface area contributed by atoms with Crippen molar-refractivity contribution in [3.63, 3.8) is 0 Å². The molecule has 0 radical (unpaired) electrons. The van der Waals surface area contributed by atoms with E-state index in [1.54, 1.807) is 0 Å². The van der Waals surface area contributed by atoms with Crippen LogP contribution in [0, 0.1) is 6.92 Å². The number of halogens is 1. The Hall–Kier alpha value is -1.53. The van der Waals surface area contributed by atoms with Gasteiger partial charge in [-0.05, 0) is 52.3 Å². The van der Waals surface area contributed by atoms with Gasteiger partial charge in [-0.3, -0.25) is 0 Å². The van der Waals surface area contributed by atoms with Crippen LogP contribution in [0.3, 0.4) is 0 Å². The second-order valence-corrected chi connectivity index (χ2v) is 5.90. The van der Waals surface area contributed by atoms with E-state index in [0.29, 0.717) is 5.92 Å². The lowest BCUT2D eigenvalue weighted by atomic mass is 9.95. The minimum Gasteiger partial charge on any atom is -0.0836 e. The summed E-state index contributed by atoms with van der Waals surface area (Å²) in [5.41, 5.74) is 2.61. The third-order valence-corrected chi connectivity index (χ3v) is 4.17. The third kappa shape index (κ3) is 2.01. The maximum absolute atomic E-state index is 6.48. The SMILES string of the molecule is Cc1cccc2c1cc(Cl)c1cc(C(C)C)ccc12. The van der Waals surface area contributed by atoms with Gasteiger partial charge in [0.15, 0.2) is 0 Å². The molecular formula is C18H17Cl. The summed E-state index contributed by atoms with van der Waals surface area (Å²) in [6.07, 6.45) is 0. The monoisotopic (exact) mass is 268 g/mol. The van der Waals surface area contributed by atoms with Crippen LogP contribution in [-0.4, -0.2) is 0 Å². The van der Waals surface area contributed by atoms with Gasteiger partial charge in [-0.15, -0.1) is 0 Å². The van der Waals surface area contributed by atoms with Crippen molar-refractivity contribution in [3.05, 3.63) is 58.6 Å². The number of hydrogen-bond acceptors (Lipinski definition) is 0. The molecule has 0 nitrogen and oxygen atoms in total. The molecule has 0 aliphatic rings. The zero-order valence-electron chi connectivity index (χ0n) is 11.5. The maximum atomic E-state index is 6.48. The quantitative estimate of drug-likeness (QED) is 0.469. The van der Waals surface area contributed by atoms with Crippen LogP contribution >= 0.6 is 11.6 Å². The van der Waals surface area contributed by atoms with Crippen LogP contribution in [-0.2, 0) is 0 Å². The molecule has 0 aliphatic heterocycles. The van der Waals surface area contributed by atoms with Gasteiger partial charge in [-0.1, -0.05) is 55.8 Å². The molecule has 0 saturated carbocycles. The molecule has 0 spiro atoms. The Balaban J connectivity index is 2.46. The zero-order chi connectivity index (χ0) is 13.6. The Bertz CT molecular complexity index is 769. The van der Waals surface area contributed by atoms with Gasteiger partial charge in [-0.25, -0.2) is 0 Å². The van der Waals surface area contributed by atoms with Crippen LogP contribution in [0.25, 0.3) is 21.5 Å². The number of aryl methyl sites for hydroxylation is 1. The van der Waals surface area contributed by atoms with E-state index in [-0.39, 0.29) is 0 Å². The van der Waals surface area contributed by atoms with Gasteiger partial charge in [0, 0.05) is 10.4 Å². The predicted octanol–water partition coefficient (Wildman–Crippen LogP) is 6.08. The third-order valence-electron chi connectivity index (χ3n) is 3.85. The van der Waals surface area contributed by atoms with Gasteiger partial charge in [-0.2, -0.15) is 0 Å². The Morgan fingerprint density at radius 1 is 0.842 bits per heavy atom. The van der Waals surface area contributed by atoms with Gasteiger partial charge < -0.3 is 0 Å². The first-order chi connectivity index (χ1) is 9.08. The lowest BCUT2D eigenvalue weighted by molar-refractivity contribution is 0.869. The summed E-state index contributed by atoms with van der Waals surface area (Å²) in [7, 11) is 0. The first-order valence-electron chi connectivity index (χ1n) is 6.69. The lowest BCUT2D eigenvalue weighted by Crippen LogP contribution is -1.88. The van der Waals surface area contributed by atoms with Crippen LogP contribution in [0.5, 0.6) is 0 Å². The van der Waals surface area contributed by atoms with Crippen LogP contribution in [0.1, 0.15) is 30.9 Å². The fraction of sp³-hybridized carbons (Fsp3) is 0.222. The Morgan fingerprint density at radius 3 is 2.32 bits per heavy atom. The molecule has 0 aromatic heterocycles. The fourth-order valence-corrected chi connectivity index (χ4v) is 2.93. The lowest BCUT2D eigenvalue weighted by Gasteiger charge is -2.11. The molecule has 1 heteroatoms. The zero-order valence-corrected chi connectivity index (χ0v) is 12.3. The summed E-state index contributed by atoms with van der Waals surface area (Å²) in [5, 5.41) is 5.79. The highest BCUT2D eigenvalue weighted by Crippen LogP contribution is 2.34. The van der Waals surface area contributed by atoms with Gasteiger partial charge >= 0.3 is 0 Å². The Morgan fingerprint density at radius 2 is 1.58 bits per heavy atom. The molecule has 0 amide bonds. The van der Waals surface area contributed by atoms with Crippen molar-refractivity contribution >= 4 is 33.1 Å². The van der Waals surface area contributed by atoms with E-state index in [2.05, 4.69) is 63.2 Å². The first-order valence-corrected chi connectivity index (χ1v) is 7.07. The number of benzene rings is 3. The fourth-order valence-electron chi connectivity index (χ4n) is 2.67. The molecule has 3 aromatic carbocycles. The highest BCUT2D eigenvalue weighted by atomic mass is 35.5. The molecule has 3 aromatic rings. The van der Waals surface area contributed by atoms with E-state index >= 15 is 0 Å². The van der Waals surface area contributed by atoms with Crippen molar-refractivity contribution in [2.24, 2.45) is 0 Å². The normalized spacial score (nSPS) is 11.6. The van der Waals surface area contributed by atoms with E-state index in [1.807, 2.05) is 0 Å². The summed E-state index contributed by atoms with van der Waals surface area (Å²) < 4.78 is 0. The van der Waals surface area contributed by atoms with E-state index in [1.165, 1.54) is 27.3 Å². The molecule has 0 N–H and O–H groups in total. The molecular weight excluding hydrogens is 252 g/mol. The molecule has 0 aliphatic carbocycles. The van der Waals surface area contributed by atoms with E-state index < -0.39 is 0 Å². The molecule has 0 bridgehead atoms. The molecule has 3 rings (SSSR count). The summed E-state index contributed by atoms with van der Waals surface area (Å²) >= 11 is 6.48. The highest BCUT2D eigenvalue weighted by Gasteiger charge is 2.08. The van der Waals surface area contributed by atoms with Crippen molar-refractivity contribution in [2.45, 2.75) is 26.7 Å². The molecule has 0 fully saturated rings. The van der Waals surface area contributed by atoms with E-state index in [0.717, 1.165) is 10.4 Å². The van der Waals surface area contributed by atoms with E-state index in [4.69, 9.17) is 11.6 Å². The largest absolute Gasteiger partial charge is 0.0836 e. The average Bonchev–Trinajstić information content (AvgIpc) is 2.40. The summed E-state index contributed by atoms with van der Waals surface area (Å²) in [5.74, 6) is 0.522. The van der Waals surface area contributed by atoms with Crippen molar-refractivity contribution < 1.29 is 0 Å². The smallest absolute Gasteiger partial charge is 0.0490 e. The molecule has 0 unspecified atom stereocenters. The van der Waals surface area contributed by atoms with Gasteiger partial charge in [0.1, 0.15) is 0 Å². The number of hydrogen-bond donors (Lipinski definition) is 0. The van der Waals surface area contributed by atoms with Crippen molar-refractivity contribution in [1.29, 1.82) is 0 Å². The molecule has 19 heavy (non-hydrogen) atoms. The number of fused-ring (bicyclic) bond motifs is 3. The highest BCUT2D eigenvalue weighted by molar-refractivity contribution is 6.37. The van der Waals surface area contributed by atoms with Crippen molar-refractivity contribution in [1.82, 2.24) is 0 Å². The number of rotatable bonds is 1. The van der Waals surface area contributed by atoms with Gasteiger partial charge in [0.05, 0.1) is 0 Å². The Labute approximate surface area is 119 Å². The van der Waals surface area contributed by atoms with Crippen molar-refractivity contribution in [3.8, 4) is 0 Å². The van der Waals surface area contributed by atoms with Crippen LogP contribution in [0.2, 0.25) is 5.02 Å². The van der Waals surface area contributed by atoms with Crippen LogP contribution in [0.15, 0.2) is 42.5 Å². The molecule has 0 heterocycles. The minimum atomic E-state index is 0.522. The van der Waals surface area contributed by atoms with E-state index in [9.17, 15) is 0 Å². The predicted molar refractivity (Wildman–Crippen MR) is 85.3 cm³/mol. The second kappa shape index (κ2) is 4.54. The minimum absolute atomic E-state index is 0.522. The standard InChI is InChI=1S/C18H17Cl/c1-11(2)13-7-8-15-14-6-4-5-12(3)16(14)10-18(19)17(15)9-13/h4-11H,1-3H3. The Kier molecular flexibility index (Phi) is 2.99. The maximum Gasteiger partial charge on any atom is 0.0490 e. The first kappa shape index (κ1) is 12.5. The molecule has 0 atom stereocenters. The van der Waals surface area contributed by atoms with Gasteiger partial charge in [0.25, 0.3) is 0 Å². The summed E-state index contributed by atoms with van der Waals surface area (Å²) in [6, 6.07) is 15.2. The van der Waals surface area contributed by atoms with Crippen molar-refractivity contribution in [2.75, 3.05) is 0 Å².